The maximum absolute atomic E-state index is 5.35. The molecule has 0 radical (unpaired) electrons. The molecule has 3 aromatic heterocycles. The Morgan fingerprint density at radius 2 is 2.30 bits per heavy atom. The smallest absolute Gasteiger partial charge is 0.202 e. The molecule has 0 fully saturated rings. The van der Waals surface area contributed by atoms with E-state index in [9.17, 15) is 0 Å². The van der Waals surface area contributed by atoms with Crippen LogP contribution in [0.3, 0.4) is 0 Å². The largest absolute Gasteiger partial charge is 0.461 e. The van der Waals surface area contributed by atoms with Gasteiger partial charge in [0.1, 0.15) is 0 Å². The van der Waals surface area contributed by atoms with E-state index in [1.54, 1.807) is 18.0 Å². The predicted octanol–water partition coefficient (Wildman–Crippen LogP) is 3.00. The molecule has 0 aromatic carbocycles. The van der Waals surface area contributed by atoms with E-state index in [4.69, 9.17) is 8.94 Å². The van der Waals surface area contributed by atoms with Gasteiger partial charge in [0.05, 0.1) is 17.7 Å². The summed E-state index contributed by atoms with van der Waals surface area (Å²) >= 11 is 1.58. The summed E-state index contributed by atoms with van der Waals surface area (Å²) in [4.78, 5) is 11.3. The molecule has 4 heterocycles. The molecule has 0 saturated heterocycles. The fourth-order valence-electron chi connectivity index (χ4n) is 2.74. The van der Waals surface area contributed by atoms with Gasteiger partial charge in [0.15, 0.2) is 10.9 Å². The summed E-state index contributed by atoms with van der Waals surface area (Å²) in [7, 11) is 0. The van der Waals surface area contributed by atoms with Crippen molar-refractivity contribution in [1.29, 1.82) is 0 Å². The Kier molecular flexibility index (Phi) is 3.88. The van der Waals surface area contributed by atoms with Crippen molar-refractivity contribution < 1.29 is 8.94 Å². The lowest BCUT2D eigenvalue weighted by Crippen LogP contribution is -2.31. The predicted molar refractivity (Wildman–Crippen MR) is 85.8 cm³/mol. The number of furan rings is 1. The molecule has 1 aliphatic heterocycles. The molecule has 0 saturated carbocycles. The van der Waals surface area contributed by atoms with E-state index in [0.29, 0.717) is 11.5 Å². The van der Waals surface area contributed by atoms with Crippen LogP contribution in [0.25, 0.3) is 11.5 Å². The lowest BCUT2D eigenvalue weighted by atomic mass is 10.1. The Balaban J connectivity index is 1.46. The monoisotopic (exact) mass is 328 g/mol. The van der Waals surface area contributed by atoms with E-state index in [-0.39, 0.29) is 0 Å². The first-order valence-electron chi connectivity index (χ1n) is 7.42. The minimum atomic E-state index is 0.662. The number of hydrogen-bond acceptors (Lipinski definition) is 7. The van der Waals surface area contributed by atoms with E-state index in [0.717, 1.165) is 42.6 Å². The van der Waals surface area contributed by atoms with Crippen LogP contribution in [0.1, 0.15) is 17.0 Å². The van der Waals surface area contributed by atoms with E-state index < -0.39 is 0 Å². The van der Waals surface area contributed by atoms with Crippen LogP contribution in [0.15, 0.2) is 44.8 Å². The van der Waals surface area contributed by atoms with E-state index in [1.165, 1.54) is 5.56 Å². The van der Waals surface area contributed by atoms with Gasteiger partial charge < -0.3 is 8.94 Å². The van der Waals surface area contributed by atoms with Crippen molar-refractivity contribution in [2.45, 2.75) is 24.7 Å². The van der Waals surface area contributed by atoms with Crippen molar-refractivity contribution in [3.05, 3.63) is 47.6 Å². The van der Waals surface area contributed by atoms with Crippen LogP contribution in [0.2, 0.25) is 0 Å². The third-order valence-corrected chi connectivity index (χ3v) is 4.44. The molecule has 7 heteroatoms. The van der Waals surface area contributed by atoms with Crippen LogP contribution in [0, 0.1) is 0 Å². The van der Waals surface area contributed by atoms with E-state index >= 15 is 0 Å². The summed E-state index contributed by atoms with van der Waals surface area (Å²) < 4.78 is 10.7. The van der Waals surface area contributed by atoms with Gasteiger partial charge in [-0.15, -0.1) is 0 Å². The van der Waals surface area contributed by atoms with Crippen LogP contribution in [-0.2, 0) is 19.5 Å². The zero-order valence-corrected chi connectivity index (χ0v) is 13.5. The fourth-order valence-corrected chi connectivity index (χ4v) is 3.10. The molecule has 0 N–H and O–H groups in total. The van der Waals surface area contributed by atoms with Gasteiger partial charge in [-0.05, 0) is 18.4 Å². The standard InChI is InChI=1S/C16H16N4O2S/c1-23-16-17-8-11-9-20(5-4-13(11)18-16)10-12-7-15(22-19-12)14-3-2-6-21-14/h2-3,6-8H,4-5,9-10H2,1H3. The first-order chi connectivity index (χ1) is 11.3. The SMILES string of the molecule is CSc1ncc2c(n1)CCN(Cc1cc(-c3ccco3)on1)C2. The first kappa shape index (κ1) is 14.5. The number of aromatic nitrogens is 3. The minimum Gasteiger partial charge on any atom is -0.461 e. The summed E-state index contributed by atoms with van der Waals surface area (Å²) in [6, 6.07) is 5.63. The molecule has 0 amide bonds. The van der Waals surface area contributed by atoms with Gasteiger partial charge in [0.25, 0.3) is 0 Å². The van der Waals surface area contributed by atoms with Crippen molar-refractivity contribution in [3.8, 4) is 11.5 Å². The molecule has 0 spiro atoms. The Morgan fingerprint density at radius 1 is 1.35 bits per heavy atom. The molecule has 118 valence electrons. The number of rotatable bonds is 4. The molecule has 0 unspecified atom stereocenters. The molecule has 1 aliphatic rings. The second-order valence-corrected chi connectivity index (χ2v) is 6.22. The molecular formula is C16H16N4O2S. The first-order valence-corrected chi connectivity index (χ1v) is 8.65. The average molecular weight is 328 g/mol. The van der Waals surface area contributed by atoms with Gasteiger partial charge in [0, 0.05) is 43.9 Å². The number of hydrogen-bond donors (Lipinski definition) is 0. The summed E-state index contributed by atoms with van der Waals surface area (Å²) in [6.07, 6.45) is 6.51. The van der Waals surface area contributed by atoms with Crippen LogP contribution >= 0.6 is 11.8 Å². The number of fused-ring (bicyclic) bond motifs is 1. The van der Waals surface area contributed by atoms with Crippen LogP contribution < -0.4 is 0 Å². The molecule has 23 heavy (non-hydrogen) atoms. The van der Waals surface area contributed by atoms with Crippen LogP contribution in [-0.4, -0.2) is 32.8 Å². The summed E-state index contributed by atoms with van der Waals surface area (Å²) in [6.45, 7) is 2.54. The average Bonchev–Trinajstić information content (AvgIpc) is 3.25. The highest BCUT2D eigenvalue weighted by Crippen LogP contribution is 2.23. The maximum atomic E-state index is 5.35. The molecule has 6 nitrogen and oxygen atoms in total. The Morgan fingerprint density at radius 3 is 3.13 bits per heavy atom. The summed E-state index contributed by atoms with van der Waals surface area (Å²) in [5.41, 5.74) is 3.27. The molecule has 3 aromatic rings. The Bertz CT molecular complexity index is 800. The van der Waals surface area contributed by atoms with Gasteiger partial charge in [-0.2, -0.15) is 0 Å². The second kappa shape index (κ2) is 6.17. The topological polar surface area (TPSA) is 68.2 Å². The highest BCUT2D eigenvalue weighted by Gasteiger charge is 2.20. The molecule has 4 rings (SSSR count). The molecule has 0 bridgehead atoms. The third kappa shape index (κ3) is 3.02. The Hall–Kier alpha value is -2.12. The Labute approximate surface area is 137 Å². The van der Waals surface area contributed by atoms with Crippen molar-refractivity contribution in [3.63, 3.8) is 0 Å². The molecule has 0 aliphatic carbocycles. The van der Waals surface area contributed by atoms with Gasteiger partial charge in [-0.1, -0.05) is 16.9 Å². The third-order valence-electron chi connectivity index (χ3n) is 3.88. The molecule has 0 atom stereocenters. The quantitative estimate of drug-likeness (QED) is 0.538. The minimum absolute atomic E-state index is 0.662. The van der Waals surface area contributed by atoms with Gasteiger partial charge in [-0.25, -0.2) is 9.97 Å². The lowest BCUT2D eigenvalue weighted by Gasteiger charge is -2.26. The van der Waals surface area contributed by atoms with Crippen molar-refractivity contribution in [1.82, 2.24) is 20.0 Å². The molecular weight excluding hydrogens is 312 g/mol. The highest BCUT2D eigenvalue weighted by atomic mass is 32.2. The zero-order chi connectivity index (χ0) is 15.6. The van der Waals surface area contributed by atoms with E-state index in [1.807, 2.05) is 30.7 Å². The maximum Gasteiger partial charge on any atom is 0.202 e. The van der Waals surface area contributed by atoms with Crippen molar-refractivity contribution >= 4 is 11.8 Å². The number of nitrogens with zero attached hydrogens (tertiary/aromatic N) is 4. The zero-order valence-electron chi connectivity index (χ0n) is 12.7. The van der Waals surface area contributed by atoms with Crippen LogP contribution in [0.5, 0.6) is 0 Å². The summed E-state index contributed by atoms with van der Waals surface area (Å²) in [5.74, 6) is 1.36. The normalized spacial score (nSPS) is 14.8. The van der Waals surface area contributed by atoms with Crippen molar-refractivity contribution in [2.24, 2.45) is 0 Å². The fraction of sp³-hybridized carbons (Fsp3) is 0.312. The lowest BCUT2D eigenvalue weighted by molar-refractivity contribution is 0.234. The van der Waals surface area contributed by atoms with Gasteiger partial charge in [-0.3, -0.25) is 4.90 Å². The summed E-state index contributed by atoms with van der Waals surface area (Å²) in [5, 5.41) is 4.98. The van der Waals surface area contributed by atoms with Gasteiger partial charge >= 0.3 is 0 Å². The second-order valence-electron chi connectivity index (χ2n) is 5.45. The van der Waals surface area contributed by atoms with Gasteiger partial charge in [0.2, 0.25) is 5.76 Å². The number of thioether (sulfide) groups is 1. The van der Waals surface area contributed by atoms with Crippen molar-refractivity contribution in [2.75, 3.05) is 12.8 Å². The van der Waals surface area contributed by atoms with Crippen LogP contribution in [0.4, 0.5) is 0 Å². The highest BCUT2D eigenvalue weighted by molar-refractivity contribution is 7.98. The van der Waals surface area contributed by atoms with E-state index in [2.05, 4.69) is 20.0 Å².